The maximum Gasteiger partial charge on any atom is 0.105 e. The maximum atomic E-state index is 9.50. The molecule has 1 aliphatic heterocycles. The van der Waals surface area contributed by atoms with E-state index >= 15 is 0 Å². The van der Waals surface area contributed by atoms with Gasteiger partial charge < -0.3 is 4.90 Å². The molecule has 1 saturated heterocycles. The summed E-state index contributed by atoms with van der Waals surface area (Å²) in [7, 11) is 0. The molecule has 0 radical (unpaired) electrons. The Kier molecular flexibility index (Phi) is 8.29. The number of hydrogen-bond acceptors (Lipinski definition) is 3. The fraction of sp³-hybridized carbons (Fsp3) is 0.944. The van der Waals surface area contributed by atoms with Crippen LogP contribution in [0.1, 0.15) is 72.6 Å². The third-order valence-electron chi connectivity index (χ3n) is 4.92. The highest BCUT2D eigenvalue weighted by atomic mass is 15.2. The third-order valence-corrected chi connectivity index (χ3v) is 4.92. The van der Waals surface area contributed by atoms with Crippen molar-refractivity contribution in [1.82, 2.24) is 10.2 Å². The highest BCUT2D eigenvalue weighted by Gasteiger charge is 2.29. The molecule has 0 aromatic carbocycles. The van der Waals surface area contributed by atoms with Crippen LogP contribution in [0.4, 0.5) is 0 Å². The van der Waals surface area contributed by atoms with Crippen LogP contribution in [0, 0.1) is 17.2 Å². The second kappa shape index (κ2) is 9.43. The van der Waals surface area contributed by atoms with Gasteiger partial charge in [0, 0.05) is 6.04 Å². The number of nitrogens with zero attached hydrogens (tertiary/aromatic N) is 2. The third kappa shape index (κ3) is 6.36. The van der Waals surface area contributed by atoms with Crippen molar-refractivity contribution in [3.05, 3.63) is 0 Å². The number of rotatable bonds is 8. The van der Waals surface area contributed by atoms with Crippen LogP contribution in [0.3, 0.4) is 0 Å². The smallest absolute Gasteiger partial charge is 0.105 e. The van der Waals surface area contributed by atoms with E-state index in [0.29, 0.717) is 6.04 Å². The van der Waals surface area contributed by atoms with Crippen molar-refractivity contribution >= 4 is 0 Å². The van der Waals surface area contributed by atoms with Crippen LogP contribution < -0.4 is 5.32 Å². The lowest BCUT2D eigenvalue weighted by atomic mass is 9.94. The number of hydrogen-bond donors (Lipinski definition) is 1. The van der Waals surface area contributed by atoms with Crippen LogP contribution in [-0.2, 0) is 0 Å². The second-order valence-corrected chi connectivity index (χ2v) is 7.05. The molecule has 0 saturated carbocycles. The molecule has 3 heteroatoms. The molecular weight excluding hydrogens is 258 g/mol. The molecule has 0 spiro atoms. The van der Waals surface area contributed by atoms with Crippen molar-refractivity contribution in [2.24, 2.45) is 5.92 Å². The Hall–Kier alpha value is -0.590. The van der Waals surface area contributed by atoms with E-state index in [-0.39, 0.29) is 5.54 Å². The molecule has 0 aromatic rings. The summed E-state index contributed by atoms with van der Waals surface area (Å²) < 4.78 is 0. The van der Waals surface area contributed by atoms with Gasteiger partial charge in [-0.1, -0.05) is 26.7 Å². The van der Waals surface area contributed by atoms with E-state index in [1.165, 1.54) is 45.2 Å². The summed E-state index contributed by atoms with van der Waals surface area (Å²) in [6.07, 6.45) is 8.74. The van der Waals surface area contributed by atoms with Gasteiger partial charge in [-0.25, -0.2) is 0 Å². The highest BCUT2D eigenvalue weighted by molar-refractivity contribution is 5.05. The molecule has 1 fully saturated rings. The fourth-order valence-electron chi connectivity index (χ4n) is 3.60. The van der Waals surface area contributed by atoms with E-state index in [2.05, 4.69) is 44.0 Å². The predicted molar refractivity (Wildman–Crippen MR) is 90.2 cm³/mol. The monoisotopic (exact) mass is 293 g/mol. The molecular formula is C18H35N3. The molecule has 0 amide bonds. The van der Waals surface area contributed by atoms with E-state index in [1.54, 1.807) is 0 Å². The first-order valence-corrected chi connectivity index (χ1v) is 8.95. The van der Waals surface area contributed by atoms with Gasteiger partial charge in [-0.15, -0.1) is 0 Å². The van der Waals surface area contributed by atoms with Gasteiger partial charge in [0.15, 0.2) is 0 Å². The standard InChI is InChI=1S/C18H35N3/c1-5-8-17-9-7-12-21(13-10-17)16(3)14-18(4,15-19)20-11-6-2/h16-17,20H,5-14H2,1-4H3. The summed E-state index contributed by atoms with van der Waals surface area (Å²) in [5.74, 6) is 0.924. The van der Waals surface area contributed by atoms with Crippen LogP contribution in [0.5, 0.6) is 0 Å². The summed E-state index contributed by atoms with van der Waals surface area (Å²) in [5.41, 5.74) is -0.384. The minimum Gasteiger partial charge on any atom is -0.301 e. The fourth-order valence-corrected chi connectivity index (χ4v) is 3.60. The lowest BCUT2D eigenvalue weighted by Gasteiger charge is -2.33. The molecule has 0 aromatic heterocycles. The number of nitrogens with one attached hydrogen (secondary N) is 1. The van der Waals surface area contributed by atoms with E-state index < -0.39 is 0 Å². The normalized spacial score (nSPS) is 24.8. The van der Waals surface area contributed by atoms with Gasteiger partial charge in [-0.3, -0.25) is 5.32 Å². The van der Waals surface area contributed by atoms with Crippen molar-refractivity contribution in [1.29, 1.82) is 5.26 Å². The minimum atomic E-state index is -0.384. The quantitative estimate of drug-likeness (QED) is 0.736. The summed E-state index contributed by atoms with van der Waals surface area (Å²) in [6.45, 7) is 12.1. The lowest BCUT2D eigenvalue weighted by Crippen LogP contribution is -2.47. The van der Waals surface area contributed by atoms with Gasteiger partial charge in [0.25, 0.3) is 0 Å². The van der Waals surface area contributed by atoms with Crippen molar-refractivity contribution in [2.45, 2.75) is 84.2 Å². The lowest BCUT2D eigenvalue weighted by molar-refractivity contribution is 0.180. The average molecular weight is 293 g/mol. The molecule has 3 nitrogen and oxygen atoms in total. The first-order chi connectivity index (χ1) is 10.0. The van der Waals surface area contributed by atoms with E-state index in [0.717, 1.165) is 25.3 Å². The highest BCUT2D eigenvalue weighted by Crippen LogP contribution is 2.25. The summed E-state index contributed by atoms with van der Waals surface area (Å²) in [6, 6.07) is 2.98. The Morgan fingerprint density at radius 1 is 1.29 bits per heavy atom. The first-order valence-electron chi connectivity index (χ1n) is 8.95. The zero-order valence-electron chi connectivity index (χ0n) is 14.6. The average Bonchev–Trinajstić information content (AvgIpc) is 2.71. The SMILES string of the molecule is CCCNC(C)(C#N)CC(C)N1CCCC(CCC)CC1. The molecule has 122 valence electrons. The Labute approximate surface area is 132 Å². The largest absolute Gasteiger partial charge is 0.301 e. The predicted octanol–water partition coefficient (Wildman–Crippen LogP) is 3.95. The van der Waals surface area contributed by atoms with Gasteiger partial charge >= 0.3 is 0 Å². The van der Waals surface area contributed by atoms with Gasteiger partial charge in [-0.05, 0) is 71.5 Å². The Bertz CT molecular complexity index is 323. The van der Waals surface area contributed by atoms with Gasteiger partial charge in [0.05, 0.1) is 6.07 Å². The van der Waals surface area contributed by atoms with E-state index in [1.807, 2.05) is 0 Å². The Morgan fingerprint density at radius 3 is 2.67 bits per heavy atom. The minimum absolute atomic E-state index is 0.384. The first kappa shape index (κ1) is 18.5. The Morgan fingerprint density at radius 2 is 2.05 bits per heavy atom. The number of likely N-dealkylation sites (tertiary alicyclic amines) is 1. The van der Waals surface area contributed by atoms with E-state index in [9.17, 15) is 5.26 Å². The van der Waals surface area contributed by atoms with Crippen LogP contribution in [0.2, 0.25) is 0 Å². The van der Waals surface area contributed by atoms with Gasteiger partial charge in [0.1, 0.15) is 5.54 Å². The molecule has 1 heterocycles. The van der Waals surface area contributed by atoms with Gasteiger partial charge in [0.2, 0.25) is 0 Å². The molecule has 1 rings (SSSR count). The summed E-state index contributed by atoms with van der Waals surface area (Å²) in [5, 5.41) is 12.9. The second-order valence-electron chi connectivity index (χ2n) is 7.05. The summed E-state index contributed by atoms with van der Waals surface area (Å²) in [4.78, 5) is 2.61. The summed E-state index contributed by atoms with van der Waals surface area (Å²) >= 11 is 0. The van der Waals surface area contributed by atoms with Crippen molar-refractivity contribution in [3.63, 3.8) is 0 Å². The van der Waals surface area contributed by atoms with Crippen molar-refractivity contribution < 1.29 is 0 Å². The molecule has 1 aliphatic rings. The zero-order chi connectivity index (χ0) is 15.7. The van der Waals surface area contributed by atoms with Crippen molar-refractivity contribution in [3.8, 4) is 6.07 Å². The van der Waals surface area contributed by atoms with Crippen LogP contribution >= 0.6 is 0 Å². The van der Waals surface area contributed by atoms with Crippen molar-refractivity contribution in [2.75, 3.05) is 19.6 Å². The van der Waals surface area contributed by atoms with Crippen LogP contribution in [-0.4, -0.2) is 36.1 Å². The zero-order valence-corrected chi connectivity index (χ0v) is 14.6. The molecule has 1 N–H and O–H groups in total. The topological polar surface area (TPSA) is 39.1 Å². The molecule has 0 aliphatic carbocycles. The van der Waals surface area contributed by atoms with Crippen LogP contribution in [0.25, 0.3) is 0 Å². The van der Waals surface area contributed by atoms with Crippen LogP contribution in [0.15, 0.2) is 0 Å². The maximum absolute atomic E-state index is 9.50. The molecule has 3 atom stereocenters. The molecule has 3 unspecified atom stereocenters. The van der Waals surface area contributed by atoms with E-state index in [4.69, 9.17) is 0 Å². The molecule has 0 bridgehead atoms. The molecule has 21 heavy (non-hydrogen) atoms. The Balaban J connectivity index is 2.50. The van der Waals surface area contributed by atoms with Gasteiger partial charge in [-0.2, -0.15) is 5.26 Å². The number of nitriles is 1.